The van der Waals surface area contributed by atoms with Crippen LogP contribution in [0.5, 0.6) is 0 Å². The quantitative estimate of drug-likeness (QED) is 0.141. The van der Waals surface area contributed by atoms with E-state index in [1.54, 1.807) is 56.7 Å². The maximum absolute atomic E-state index is 13.9. The molecule has 0 spiro atoms. The second kappa shape index (κ2) is 32.2. The van der Waals surface area contributed by atoms with Gasteiger partial charge in [-0.15, -0.1) is 0 Å². The molecule has 4 aliphatic rings. The fourth-order valence-corrected chi connectivity index (χ4v) is 8.75. The van der Waals surface area contributed by atoms with Crippen LogP contribution in [0.25, 0.3) is 21.9 Å². The number of furan rings is 1. The number of hydrogen-bond acceptors (Lipinski definition) is 1. The summed E-state index contributed by atoms with van der Waals surface area (Å²) < 4.78 is 45.6. The van der Waals surface area contributed by atoms with Gasteiger partial charge >= 0.3 is 0 Å². The van der Waals surface area contributed by atoms with E-state index in [1.165, 1.54) is 114 Å². The predicted molar refractivity (Wildman–Crippen MR) is 296 cm³/mol. The lowest BCUT2D eigenvalue weighted by Gasteiger charge is -2.22. The molecule has 5 aromatic rings. The molecule has 0 amide bonds. The van der Waals surface area contributed by atoms with Crippen LogP contribution in [0.3, 0.4) is 0 Å². The molecule has 4 aromatic carbocycles. The van der Waals surface area contributed by atoms with E-state index in [2.05, 4.69) is 99.6 Å². The van der Waals surface area contributed by atoms with Crippen LogP contribution in [0.4, 0.5) is 13.2 Å². The topological polar surface area (TPSA) is 13.1 Å². The molecule has 0 aliphatic heterocycles. The van der Waals surface area contributed by atoms with Crippen molar-refractivity contribution in [1.29, 1.82) is 0 Å². The number of aryl methyl sites for hydroxylation is 6. The summed E-state index contributed by atoms with van der Waals surface area (Å²) in [5.41, 5.74) is 7.17. The fraction of sp³-hybridized carbons (Fsp3) is 0.594. The highest BCUT2D eigenvalue weighted by molar-refractivity contribution is 6.05. The van der Waals surface area contributed by atoms with Crippen molar-refractivity contribution in [2.75, 3.05) is 0 Å². The summed E-state index contributed by atoms with van der Waals surface area (Å²) in [4.78, 5) is 0. The van der Waals surface area contributed by atoms with Gasteiger partial charge in [-0.25, -0.2) is 13.2 Å². The maximum Gasteiger partial charge on any atom is 0.171 e. The minimum Gasteiger partial charge on any atom is -0.450 e. The lowest BCUT2D eigenvalue weighted by molar-refractivity contribution is 0.308. The molecule has 3 fully saturated rings. The summed E-state index contributed by atoms with van der Waals surface area (Å²) in [5.74, 6) is 6.10. The lowest BCUT2D eigenvalue weighted by atomic mass is 9.84. The van der Waals surface area contributed by atoms with Crippen molar-refractivity contribution in [3.63, 3.8) is 0 Å². The second-order valence-electron chi connectivity index (χ2n) is 21.7. The van der Waals surface area contributed by atoms with Gasteiger partial charge in [-0.3, -0.25) is 0 Å². The fourth-order valence-electron chi connectivity index (χ4n) is 8.75. The molecule has 1 atom stereocenters. The average molecular weight is 941 g/mol. The van der Waals surface area contributed by atoms with Gasteiger partial charge in [0.2, 0.25) is 0 Å². The van der Waals surface area contributed by atoms with Crippen LogP contribution < -0.4 is 0 Å². The SMILES string of the molecule is C.C.CC1=CCC(C)CC1.CC1CCC(C)CC1.CC1CCC(C)CC1.CC1CCC(C)CC1.Cc1ccc(C)c(F)c1.Cc1ccc(C)cc1.Cc1ccc2c(oc3c(F)c(C)ccc32)c1F. The highest BCUT2D eigenvalue weighted by Crippen LogP contribution is 2.34. The zero-order valence-electron chi connectivity index (χ0n) is 44.1. The number of fused-ring (bicyclic) bond motifs is 3. The smallest absolute Gasteiger partial charge is 0.171 e. The molecule has 1 nitrogen and oxygen atoms in total. The first-order valence-corrected chi connectivity index (χ1v) is 25.9. The van der Waals surface area contributed by atoms with Crippen molar-refractivity contribution in [2.45, 2.75) is 208 Å². The predicted octanol–water partition coefficient (Wildman–Crippen LogP) is 21.7. The molecule has 1 unspecified atom stereocenters. The van der Waals surface area contributed by atoms with Gasteiger partial charge in [0.15, 0.2) is 22.8 Å². The Kier molecular flexibility index (Phi) is 29.4. The number of allylic oxidation sites excluding steroid dienone is 2. The highest BCUT2D eigenvalue weighted by Gasteiger charge is 2.17. The van der Waals surface area contributed by atoms with Gasteiger partial charge in [-0.1, -0.05) is 224 Å². The Morgan fingerprint density at radius 1 is 0.382 bits per heavy atom. The van der Waals surface area contributed by atoms with E-state index >= 15 is 0 Å². The Labute approximate surface area is 416 Å². The molecule has 1 aromatic heterocycles. The van der Waals surface area contributed by atoms with Gasteiger partial charge < -0.3 is 4.42 Å². The van der Waals surface area contributed by atoms with Crippen LogP contribution in [0, 0.1) is 100 Å². The molecule has 68 heavy (non-hydrogen) atoms. The molecule has 382 valence electrons. The number of hydrogen-bond donors (Lipinski definition) is 0. The number of benzene rings is 4. The van der Waals surface area contributed by atoms with E-state index in [9.17, 15) is 13.2 Å². The van der Waals surface area contributed by atoms with Crippen molar-refractivity contribution in [1.82, 2.24) is 0 Å². The Morgan fingerprint density at radius 3 is 0.956 bits per heavy atom. The van der Waals surface area contributed by atoms with E-state index in [1.807, 2.05) is 13.0 Å². The minimum absolute atomic E-state index is 0. The number of halogens is 3. The van der Waals surface area contributed by atoms with E-state index in [0.717, 1.165) is 47.0 Å². The number of rotatable bonds is 0. The summed E-state index contributed by atoms with van der Waals surface area (Å²) in [6.45, 7) is 29.9. The molecule has 0 N–H and O–H groups in total. The largest absolute Gasteiger partial charge is 0.450 e. The van der Waals surface area contributed by atoms with Crippen LogP contribution in [0.1, 0.15) is 200 Å². The summed E-state index contributed by atoms with van der Waals surface area (Å²) in [7, 11) is 0. The van der Waals surface area contributed by atoms with Gasteiger partial charge in [-0.05, 0) is 137 Å². The molecule has 1 heterocycles. The van der Waals surface area contributed by atoms with Gasteiger partial charge in [0.25, 0.3) is 0 Å². The first kappa shape index (κ1) is 62.2. The Morgan fingerprint density at radius 2 is 0.691 bits per heavy atom. The molecule has 0 radical (unpaired) electrons. The molecule has 3 saturated carbocycles. The first-order chi connectivity index (χ1) is 31.2. The van der Waals surface area contributed by atoms with Gasteiger partial charge in [0.05, 0.1) is 0 Å². The van der Waals surface area contributed by atoms with Crippen molar-refractivity contribution in [3.8, 4) is 0 Å². The summed E-state index contributed by atoms with van der Waals surface area (Å²) in [5, 5.41) is 1.23. The van der Waals surface area contributed by atoms with Crippen LogP contribution in [-0.2, 0) is 0 Å². The molecule has 0 bridgehead atoms. The van der Waals surface area contributed by atoms with Crippen molar-refractivity contribution >= 4 is 21.9 Å². The second-order valence-corrected chi connectivity index (χ2v) is 21.7. The van der Waals surface area contributed by atoms with Crippen molar-refractivity contribution in [2.24, 2.45) is 41.4 Å². The summed E-state index contributed by atoms with van der Waals surface area (Å²) in [6.07, 6.45) is 24.1. The van der Waals surface area contributed by atoms with Gasteiger partial charge in [0.1, 0.15) is 5.82 Å². The Balaban J connectivity index is 0.000000405. The van der Waals surface area contributed by atoms with E-state index in [-0.39, 0.29) is 31.8 Å². The van der Waals surface area contributed by atoms with Crippen molar-refractivity contribution in [3.05, 3.63) is 129 Å². The molecular formula is C64H99F3O. The van der Waals surface area contributed by atoms with Gasteiger partial charge in [0, 0.05) is 10.8 Å². The first-order valence-electron chi connectivity index (χ1n) is 25.9. The van der Waals surface area contributed by atoms with Crippen LogP contribution in [0.15, 0.2) is 82.8 Å². The minimum atomic E-state index is -0.421. The third kappa shape index (κ3) is 22.8. The average Bonchev–Trinajstić information content (AvgIpc) is 3.68. The van der Waals surface area contributed by atoms with E-state index in [0.29, 0.717) is 27.5 Å². The van der Waals surface area contributed by atoms with Gasteiger partial charge in [-0.2, -0.15) is 0 Å². The zero-order chi connectivity index (χ0) is 48.9. The van der Waals surface area contributed by atoms with Crippen LogP contribution in [0.2, 0.25) is 0 Å². The Bertz CT molecular complexity index is 1990. The third-order valence-corrected chi connectivity index (χ3v) is 14.4. The standard InChI is InChI=1S/C14H10F2O.C8H9F.3C8H16.C8H14.C8H10.2CH4/c1-7-3-5-9-10-6-4-8(2)12(16)14(10)17-13(9)11(7)15;1-6-3-4-7(2)8(9)5-6;5*1-7-3-5-8(2)6-4-7;;/h3-6H,1-2H3;3-5H,1-2H3;3*7-8H,3-6H2,1-2H3;3,8H,4-6H2,1-2H3;3-6H,1-2H3;2*1H4. The Hall–Kier alpha value is -3.79. The summed E-state index contributed by atoms with van der Waals surface area (Å²) in [6, 6.07) is 20.6. The highest BCUT2D eigenvalue weighted by atomic mass is 19.1. The molecule has 4 aliphatic carbocycles. The lowest BCUT2D eigenvalue weighted by Crippen LogP contribution is -2.08. The summed E-state index contributed by atoms with van der Waals surface area (Å²) >= 11 is 0. The third-order valence-electron chi connectivity index (χ3n) is 14.4. The van der Waals surface area contributed by atoms with E-state index in [4.69, 9.17) is 4.42 Å². The zero-order valence-corrected chi connectivity index (χ0v) is 44.1. The van der Waals surface area contributed by atoms with E-state index < -0.39 is 11.6 Å². The molecule has 0 saturated heterocycles. The van der Waals surface area contributed by atoms with Crippen LogP contribution in [-0.4, -0.2) is 0 Å². The molecule has 9 rings (SSSR count). The maximum atomic E-state index is 13.9. The van der Waals surface area contributed by atoms with Crippen LogP contribution >= 0.6 is 0 Å². The molecule has 4 heteroatoms. The molecular weight excluding hydrogens is 842 g/mol. The van der Waals surface area contributed by atoms with Crippen molar-refractivity contribution < 1.29 is 17.6 Å². The monoisotopic (exact) mass is 941 g/mol. The normalized spacial score (nSPS) is 22.8.